The molecule has 5 heteroatoms. The third kappa shape index (κ3) is 3.30. The monoisotopic (exact) mass is 289 g/mol. The number of benzene rings is 1. The SMILES string of the molecule is N#Cc1ccc(NCc2nccn2Cc2ccccc2)nc1. The van der Waals surface area contributed by atoms with Crippen LogP contribution in [0.1, 0.15) is 17.0 Å². The summed E-state index contributed by atoms with van der Waals surface area (Å²) in [5, 5.41) is 12.0. The second kappa shape index (κ2) is 6.55. The van der Waals surface area contributed by atoms with Gasteiger partial charge in [-0.25, -0.2) is 9.97 Å². The first-order valence-corrected chi connectivity index (χ1v) is 6.99. The van der Waals surface area contributed by atoms with E-state index in [0.717, 1.165) is 18.2 Å². The van der Waals surface area contributed by atoms with Crippen LogP contribution in [0, 0.1) is 11.3 Å². The fourth-order valence-electron chi connectivity index (χ4n) is 2.17. The molecule has 0 unspecified atom stereocenters. The van der Waals surface area contributed by atoms with Crippen molar-refractivity contribution in [3.8, 4) is 6.07 Å². The van der Waals surface area contributed by atoms with E-state index in [2.05, 4.69) is 38.1 Å². The van der Waals surface area contributed by atoms with Crippen molar-refractivity contribution in [1.29, 1.82) is 5.26 Å². The second-order valence-electron chi connectivity index (χ2n) is 4.85. The van der Waals surface area contributed by atoms with Crippen LogP contribution in [0.2, 0.25) is 0 Å². The van der Waals surface area contributed by atoms with E-state index in [9.17, 15) is 0 Å². The molecule has 3 rings (SSSR count). The van der Waals surface area contributed by atoms with Crippen molar-refractivity contribution in [3.05, 3.63) is 78.0 Å². The van der Waals surface area contributed by atoms with Crippen LogP contribution in [0.15, 0.2) is 61.1 Å². The number of hydrogen-bond acceptors (Lipinski definition) is 4. The third-order valence-corrected chi connectivity index (χ3v) is 3.32. The molecule has 0 saturated carbocycles. The molecular weight excluding hydrogens is 274 g/mol. The molecule has 0 bridgehead atoms. The Labute approximate surface area is 128 Å². The molecule has 0 fully saturated rings. The number of rotatable bonds is 5. The lowest BCUT2D eigenvalue weighted by molar-refractivity contribution is 0.734. The van der Waals surface area contributed by atoms with Crippen LogP contribution < -0.4 is 5.32 Å². The number of nitrogens with one attached hydrogen (secondary N) is 1. The highest BCUT2D eigenvalue weighted by Gasteiger charge is 2.04. The Morgan fingerprint density at radius 1 is 1.09 bits per heavy atom. The summed E-state index contributed by atoms with van der Waals surface area (Å²) >= 11 is 0. The molecule has 1 N–H and O–H groups in total. The maximum atomic E-state index is 8.76. The van der Waals surface area contributed by atoms with Gasteiger partial charge in [-0.1, -0.05) is 30.3 Å². The van der Waals surface area contributed by atoms with Gasteiger partial charge >= 0.3 is 0 Å². The molecule has 0 aliphatic carbocycles. The normalized spacial score (nSPS) is 10.1. The summed E-state index contributed by atoms with van der Waals surface area (Å²) in [5.74, 6) is 1.67. The van der Waals surface area contributed by atoms with Crippen molar-refractivity contribution >= 4 is 5.82 Å². The third-order valence-electron chi connectivity index (χ3n) is 3.32. The zero-order chi connectivity index (χ0) is 15.2. The summed E-state index contributed by atoms with van der Waals surface area (Å²) in [5.41, 5.74) is 1.79. The number of anilines is 1. The van der Waals surface area contributed by atoms with Gasteiger partial charge in [0.15, 0.2) is 0 Å². The van der Waals surface area contributed by atoms with Crippen LogP contribution in [0.3, 0.4) is 0 Å². The predicted octanol–water partition coefficient (Wildman–Crippen LogP) is 2.81. The van der Waals surface area contributed by atoms with E-state index < -0.39 is 0 Å². The molecule has 0 radical (unpaired) electrons. The Balaban J connectivity index is 1.66. The van der Waals surface area contributed by atoms with Gasteiger partial charge in [-0.15, -0.1) is 0 Å². The minimum Gasteiger partial charge on any atom is -0.363 e. The molecule has 2 heterocycles. The zero-order valence-electron chi connectivity index (χ0n) is 12.0. The first-order chi connectivity index (χ1) is 10.8. The Morgan fingerprint density at radius 3 is 2.68 bits per heavy atom. The lowest BCUT2D eigenvalue weighted by atomic mass is 10.2. The lowest BCUT2D eigenvalue weighted by Crippen LogP contribution is -2.10. The van der Waals surface area contributed by atoms with E-state index in [4.69, 9.17) is 5.26 Å². The molecule has 108 valence electrons. The predicted molar refractivity (Wildman–Crippen MR) is 84.0 cm³/mol. The highest BCUT2D eigenvalue weighted by molar-refractivity contribution is 5.39. The first-order valence-electron chi connectivity index (χ1n) is 6.99. The van der Waals surface area contributed by atoms with E-state index in [0.29, 0.717) is 12.1 Å². The number of nitrogens with zero attached hydrogens (tertiary/aromatic N) is 4. The average Bonchev–Trinajstić information content (AvgIpc) is 3.01. The summed E-state index contributed by atoms with van der Waals surface area (Å²) in [6.45, 7) is 1.37. The maximum absolute atomic E-state index is 8.76. The Hall–Kier alpha value is -3.13. The molecule has 0 aliphatic rings. The molecular formula is C17H15N5. The van der Waals surface area contributed by atoms with Gasteiger partial charge in [-0.05, 0) is 17.7 Å². The van der Waals surface area contributed by atoms with Gasteiger partial charge in [0, 0.05) is 25.1 Å². The van der Waals surface area contributed by atoms with Crippen LogP contribution in [0.25, 0.3) is 0 Å². The Morgan fingerprint density at radius 2 is 1.95 bits per heavy atom. The topological polar surface area (TPSA) is 66.5 Å². The number of aromatic nitrogens is 3. The molecule has 0 aliphatic heterocycles. The number of nitriles is 1. The van der Waals surface area contributed by atoms with Gasteiger partial charge in [-0.3, -0.25) is 0 Å². The van der Waals surface area contributed by atoms with Crippen molar-refractivity contribution in [2.75, 3.05) is 5.32 Å². The van der Waals surface area contributed by atoms with E-state index in [1.807, 2.05) is 24.4 Å². The number of pyridine rings is 1. The van der Waals surface area contributed by atoms with Gasteiger partial charge in [0.05, 0.1) is 12.1 Å². The van der Waals surface area contributed by atoms with Gasteiger partial charge in [0.2, 0.25) is 0 Å². The Bertz CT molecular complexity index is 769. The van der Waals surface area contributed by atoms with Crippen LogP contribution in [-0.2, 0) is 13.1 Å². The molecule has 0 saturated heterocycles. The second-order valence-corrected chi connectivity index (χ2v) is 4.85. The molecule has 0 spiro atoms. The summed E-state index contributed by atoms with van der Waals surface area (Å²) in [4.78, 5) is 8.57. The molecule has 2 aromatic heterocycles. The van der Waals surface area contributed by atoms with Crippen molar-refractivity contribution in [2.24, 2.45) is 0 Å². The first kappa shape index (κ1) is 13.8. The van der Waals surface area contributed by atoms with Crippen molar-refractivity contribution in [3.63, 3.8) is 0 Å². The minimum atomic E-state index is 0.552. The van der Waals surface area contributed by atoms with Gasteiger partial charge in [-0.2, -0.15) is 5.26 Å². The van der Waals surface area contributed by atoms with Crippen molar-refractivity contribution < 1.29 is 0 Å². The van der Waals surface area contributed by atoms with Crippen molar-refractivity contribution in [1.82, 2.24) is 14.5 Å². The molecule has 22 heavy (non-hydrogen) atoms. The zero-order valence-corrected chi connectivity index (χ0v) is 12.0. The highest BCUT2D eigenvalue weighted by atomic mass is 15.1. The molecule has 0 atom stereocenters. The lowest BCUT2D eigenvalue weighted by Gasteiger charge is -2.09. The summed E-state index contributed by atoms with van der Waals surface area (Å²) in [6.07, 6.45) is 5.32. The quantitative estimate of drug-likeness (QED) is 0.784. The molecule has 0 amide bonds. The standard InChI is InChI=1S/C17H15N5/c18-10-15-6-7-16(20-11-15)21-12-17-19-8-9-22(17)13-14-4-2-1-3-5-14/h1-9,11H,12-13H2,(H,20,21). The Kier molecular flexibility index (Phi) is 4.12. The van der Waals surface area contributed by atoms with Gasteiger partial charge < -0.3 is 9.88 Å². The summed E-state index contributed by atoms with van der Waals surface area (Å²) in [6, 6.07) is 15.9. The van der Waals surface area contributed by atoms with Crippen LogP contribution in [0.4, 0.5) is 5.82 Å². The summed E-state index contributed by atoms with van der Waals surface area (Å²) < 4.78 is 2.10. The van der Waals surface area contributed by atoms with Crippen LogP contribution in [-0.4, -0.2) is 14.5 Å². The smallest absolute Gasteiger partial charge is 0.128 e. The van der Waals surface area contributed by atoms with Crippen LogP contribution >= 0.6 is 0 Å². The molecule has 3 aromatic rings. The van der Waals surface area contributed by atoms with E-state index >= 15 is 0 Å². The fraction of sp³-hybridized carbons (Fsp3) is 0.118. The van der Waals surface area contributed by atoms with Crippen LogP contribution in [0.5, 0.6) is 0 Å². The van der Waals surface area contributed by atoms with Gasteiger partial charge in [0.25, 0.3) is 0 Å². The minimum absolute atomic E-state index is 0.552. The molecule has 1 aromatic carbocycles. The summed E-state index contributed by atoms with van der Waals surface area (Å²) in [7, 11) is 0. The van der Waals surface area contributed by atoms with Gasteiger partial charge in [0.1, 0.15) is 17.7 Å². The number of imidazole rings is 1. The van der Waals surface area contributed by atoms with E-state index in [1.54, 1.807) is 24.5 Å². The average molecular weight is 289 g/mol. The number of hydrogen-bond donors (Lipinski definition) is 1. The van der Waals surface area contributed by atoms with Crippen molar-refractivity contribution in [2.45, 2.75) is 13.1 Å². The van der Waals surface area contributed by atoms with E-state index in [1.165, 1.54) is 5.56 Å². The fourth-order valence-corrected chi connectivity index (χ4v) is 2.17. The van der Waals surface area contributed by atoms with E-state index in [-0.39, 0.29) is 0 Å². The molecule has 5 nitrogen and oxygen atoms in total. The largest absolute Gasteiger partial charge is 0.363 e. The highest BCUT2D eigenvalue weighted by Crippen LogP contribution is 2.09. The maximum Gasteiger partial charge on any atom is 0.128 e.